The third kappa shape index (κ3) is 14.3. The Morgan fingerprint density at radius 1 is 0.355 bits per heavy atom. The fraction of sp³-hybridized carbons (Fsp3) is 0.103. The number of aryl methyl sites for hydroxylation is 2. The largest absolute Gasteiger partial charge is 0.311 e. The lowest BCUT2D eigenvalue weighted by molar-refractivity contribution is 0.641. The van der Waals surface area contributed by atoms with Crippen LogP contribution >= 0.6 is 54.5 Å². The topological polar surface area (TPSA) is 6.48 Å². The minimum absolute atomic E-state index is 0.183. The highest BCUT2D eigenvalue weighted by Gasteiger charge is 2.42. The van der Waals surface area contributed by atoms with Crippen LogP contribution in [0.1, 0.15) is 71.5 Å². The molecule has 11 aromatic rings. The van der Waals surface area contributed by atoms with Gasteiger partial charge in [-0.1, -0.05) is 179 Å². The van der Waals surface area contributed by atoms with E-state index >= 15 is 0 Å². The number of benzene rings is 9. The number of nitrogens with zero attached hydrogens (tertiary/aromatic N) is 2. The Hall–Kier alpha value is -10.6. The normalized spacial score (nSPS) is 11.2. The minimum Gasteiger partial charge on any atom is -0.311 e. The third-order valence-electron chi connectivity index (χ3n) is 16.6. The fourth-order valence-electron chi connectivity index (χ4n) is 11.6. The van der Waals surface area contributed by atoms with E-state index in [9.17, 15) is 0 Å². The molecule has 2 nitrogen and oxygen atoms in total. The number of anilines is 6. The van der Waals surface area contributed by atoms with Gasteiger partial charge in [-0.05, 0) is 287 Å². The molecule has 1 aliphatic rings. The molecular weight excluding hydrogens is 1300 g/mol. The molecule has 93 heavy (non-hydrogen) atoms. The molecule has 0 spiro atoms. The van der Waals surface area contributed by atoms with Crippen molar-refractivity contribution < 1.29 is 0 Å². The van der Waals surface area contributed by atoms with Crippen molar-refractivity contribution in [1.29, 1.82) is 0 Å². The van der Waals surface area contributed by atoms with E-state index in [1.165, 1.54) is 40.3 Å². The quantitative estimate of drug-likeness (QED) is 0.113. The van der Waals surface area contributed by atoms with Crippen molar-refractivity contribution in [1.82, 2.24) is 0 Å². The van der Waals surface area contributed by atoms with Gasteiger partial charge in [0.05, 0.1) is 7.57 Å². The summed E-state index contributed by atoms with van der Waals surface area (Å²) in [5.74, 6) is 39.7. The van der Waals surface area contributed by atoms with E-state index in [-0.39, 0.29) is 10.8 Å². The summed E-state index contributed by atoms with van der Waals surface area (Å²) in [6, 6.07) is 87.3. The van der Waals surface area contributed by atoms with Crippen molar-refractivity contribution in [3.63, 3.8) is 0 Å². The summed E-state index contributed by atoms with van der Waals surface area (Å²) >= 11 is 10.1. The van der Waals surface area contributed by atoms with Gasteiger partial charge >= 0.3 is 0 Å². The van der Waals surface area contributed by atoms with E-state index in [0.717, 1.165) is 77.9 Å². The standard InChI is InChI=1S/C83H58N2S.C4H2Br2S/c1-9-11-13-15-17-25-57-83(58-26-18-16-14-12-10-2)78-59-64(36-54-76(78)77-55-37-65(60-79(77)83)80-56-33-62(4)86-80)63-34-44-71(45-35-63)84(70-42-31-61(3)32-43-70)74-50-52-75(53-51-74)85(72-46-38-68(39-47-72)81(5,6)66-27-21-19-22-28-66)73-48-40-69(41-49-73)82(7,8)67-29-23-20-24-30-67;5-3-1-2-4(6)7-3/h1-2,19-24,27-56,59-60H,3-8H3;1-2H. The molecule has 0 fully saturated rings. The van der Waals surface area contributed by atoms with Gasteiger partial charge in [0.25, 0.3) is 0 Å². The molecule has 444 valence electrons. The first-order chi connectivity index (χ1) is 45.2. The van der Waals surface area contributed by atoms with Crippen molar-refractivity contribution >= 4 is 88.7 Å². The van der Waals surface area contributed by atoms with E-state index in [2.05, 4.69) is 397 Å². The molecule has 1 aliphatic carbocycles. The van der Waals surface area contributed by atoms with Gasteiger partial charge in [0, 0.05) is 54.7 Å². The minimum atomic E-state index is -1.12. The summed E-state index contributed by atoms with van der Waals surface area (Å²) in [5.41, 5.74) is 18.0. The van der Waals surface area contributed by atoms with Crippen LogP contribution in [0.5, 0.6) is 0 Å². The Morgan fingerprint density at radius 3 is 1.11 bits per heavy atom. The number of thiophene rings is 2. The maximum absolute atomic E-state index is 5.39. The first-order valence-corrected chi connectivity index (χ1v) is 33.3. The van der Waals surface area contributed by atoms with Gasteiger partial charge in [-0.2, -0.15) is 0 Å². The van der Waals surface area contributed by atoms with Crippen molar-refractivity contribution in [3.8, 4) is 128 Å². The monoisotopic (exact) mass is 1350 g/mol. The smallest absolute Gasteiger partial charge is 0.145 e. The maximum atomic E-state index is 5.39. The van der Waals surface area contributed by atoms with E-state index in [1.54, 1.807) is 22.7 Å². The predicted molar refractivity (Wildman–Crippen MR) is 401 cm³/mol. The van der Waals surface area contributed by atoms with E-state index in [4.69, 9.17) is 12.8 Å². The average Bonchev–Trinajstić information content (AvgIpc) is 1.57. The van der Waals surface area contributed by atoms with Crippen LogP contribution in [0, 0.1) is 110 Å². The van der Waals surface area contributed by atoms with Crippen LogP contribution in [0.2, 0.25) is 0 Å². The van der Waals surface area contributed by atoms with E-state index in [1.807, 2.05) is 12.1 Å². The molecule has 0 unspecified atom stereocenters. The molecule has 0 amide bonds. The van der Waals surface area contributed by atoms with Gasteiger partial charge < -0.3 is 9.80 Å². The lowest BCUT2D eigenvalue weighted by Crippen LogP contribution is -2.21. The molecule has 0 N–H and O–H groups in total. The lowest BCUT2D eigenvalue weighted by atomic mass is 9.78. The highest BCUT2D eigenvalue weighted by atomic mass is 79.9. The van der Waals surface area contributed by atoms with Gasteiger partial charge in [0.15, 0.2) is 0 Å². The zero-order valence-corrected chi connectivity index (χ0v) is 57.0. The van der Waals surface area contributed by atoms with Crippen LogP contribution in [0.25, 0.3) is 32.7 Å². The Bertz CT molecular complexity index is 4860. The Balaban J connectivity index is 0.00000118. The maximum Gasteiger partial charge on any atom is 0.145 e. The highest BCUT2D eigenvalue weighted by molar-refractivity contribution is 9.12. The first kappa shape index (κ1) is 64.0. The summed E-state index contributed by atoms with van der Waals surface area (Å²) in [7, 11) is 0. The zero-order valence-electron chi connectivity index (χ0n) is 52.2. The summed E-state index contributed by atoms with van der Waals surface area (Å²) in [6.07, 6.45) is 10.8. The molecule has 0 radical (unpaired) electrons. The van der Waals surface area contributed by atoms with Crippen molar-refractivity contribution in [2.45, 2.75) is 57.8 Å². The molecule has 0 saturated heterocycles. The van der Waals surface area contributed by atoms with Crippen molar-refractivity contribution in [2.75, 3.05) is 9.80 Å². The van der Waals surface area contributed by atoms with Crippen molar-refractivity contribution in [2.24, 2.45) is 0 Å². The molecule has 6 heteroatoms. The Morgan fingerprint density at radius 2 is 0.710 bits per heavy atom. The zero-order chi connectivity index (χ0) is 65.0. The van der Waals surface area contributed by atoms with E-state index < -0.39 is 5.41 Å². The highest BCUT2D eigenvalue weighted by Crippen LogP contribution is 2.52. The second-order valence-electron chi connectivity index (χ2n) is 23.2. The first-order valence-electron chi connectivity index (χ1n) is 30.1. The summed E-state index contributed by atoms with van der Waals surface area (Å²) < 4.78 is 2.33. The molecule has 0 atom stereocenters. The van der Waals surface area contributed by atoms with Crippen molar-refractivity contribution in [3.05, 3.63) is 294 Å². The molecule has 2 aromatic heterocycles. The third-order valence-corrected chi connectivity index (χ3v) is 19.9. The predicted octanol–water partition coefficient (Wildman–Crippen LogP) is 22.1. The molecule has 0 saturated carbocycles. The van der Waals surface area contributed by atoms with Gasteiger partial charge in [-0.25, -0.2) is 0 Å². The number of hydrogen-bond acceptors (Lipinski definition) is 4. The molecule has 0 bridgehead atoms. The fourth-order valence-corrected chi connectivity index (χ4v) is 14.9. The SMILES string of the molecule is Brc1ccc(Br)s1.C#CC#CC#CC#CC1(C#CC#CC#CC#C)c2cc(-c3ccc(N(c4ccc(C)cc4)c4ccc(N(c5ccc(C(C)(C)c6ccccc6)cc5)c5ccc(C(C)(C)c6ccccc6)cc5)cc4)cc3)ccc2-c2ccc(-c3ccc(C)s3)cc21. The number of fused-ring (bicyclic) bond motifs is 3. The van der Waals surface area contributed by atoms with Gasteiger partial charge in [0.1, 0.15) is 5.41 Å². The Labute approximate surface area is 574 Å². The van der Waals surface area contributed by atoms with Crippen LogP contribution in [-0.4, -0.2) is 0 Å². The molecule has 9 aromatic carbocycles. The Kier molecular flexibility index (Phi) is 19.8. The molecular formula is C87H60Br2N2S2. The van der Waals surface area contributed by atoms with Gasteiger partial charge in [0.2, 0.25) is 0 Å². The van der Waals surface area contributed by atoms with Crippen LogP contribution < -0.4 is 9.80 Å². The summed E-state index contributed by atoms with van der Waals surface area (Å²) in [6.45, 7) is 13.4. The van der Waals surface area contributed by atoms with Gasteiger partial charge in [-0.3, -0.25) is 0 Å². The molecule has 2 heterocycles. The molecule has 0 aliphatic heterocycles. The summed E-state index contributed by atoms with van der Waals surface area (Å²) in [4.78, 5) is 7.04. The van der Waals surface area contributed by atoms with E-state index in [0.29, 0.717) is 0 Å². The number of terminal acetylenes is 2. The van der Waals surface area contributed by atoms with Crippen LogP contribution in [0.4, 0.5) is 34.1 Å². The molecule has 12 rings (SSSR count). The lowest BCUT2D eigenvalue weighted by Gasteiger charge is -2.31. The number of rotatable bonds is 12. The second kappa shape index (κ2) is 28.7. The van der Waals surface area contributed by atoms with Crippen LogP contribution in [0.15, 0.2) is 250 Å². The second-order valence-corrected chi connectivity index (χ2v) is 28.3. The number of halogens is 2. The van der Waals surface area contributed by atoms with Crippen LogP contribution in [0.3, 0.4) is 0 Å². The van der Waals surface area contributed by atoms with Crippen LogP contribution in [-0.2, 0) is 16.2 Å². The van der Waals surface area contributed by atoms with Gasteiger partial charge in [-0.15, -0.1) is 35.5 Å². The average molecular weight is 1360 g/mol. The number of hydrogen-bond donors (Lipinski definition) is 0. The summed E-state index contributed by atoms with van der Waals surface area (Å²) in [5, 5.41) is 0.